The third-order valence-corrected chi connectivity index (χ3v) is 11.8. The van der Waals surface area contributed by atoms with E-state index in [1.165, 1.54) is 33.3 Å². The minimum absolute atomic E-state index is 0.155. The van der Waals surface area contributed by atoms with Crippen molar-refractivity contribution >= 4 is 33.4 Å². The van der Waals surface area contributed by atoms with Crippen molar-refractivity contribution in [3.05, 3.63) is 64.1 Å². The summed E-state index contributed by atoms with van der Waals surface area (Å²) in [7, 11) is 1.93. The first kappa shape index (κ1) is 30.2. The van der Waals surface area contributed by atoms with Crippen molar-refractivity contribution in [2.75, 3.05) is 32.7 Å². The van der Waals surface area contributed by atoms with E-state index in [9.17, 15) is 9.59 Å². The zero-order chi connectivity index (χ0) is 31.5. The quantitative estimate of drug-likeness (QED) is 0.276. The molecular formula is C36H46N6O2S. The van der Waals surface area contributed by atoms with Crippen LogP contribution in [0.2, 0.25) is 0 Å². The summed E-state index contributed by atoms with van der Waals surface area (Å²) in [6.45, 7) is 12.7. The van der Waals surface area contributed by atoms with Crippen molar-refractivity contribution in [3.8, 4) is 11.3 Å². The number of hydrogen-bond acceptors (Lipinski definition) is 5. The summed E-state index contributed by atoms with van der Waals surface area (Å²) in [4.78, 5) is 44.0. The molecule has 9 heteroatoms. The van der Waals surface area contributed by atoms with Gasteiger partial charge in [0.2, 0.25) is 11.8 Å². The maximum atomic E-state index is 14.0. The van der Waals surface area contributed by atoms with Gasteiger partial charge >= 0.3 is 0 Å². The SMILES string of the molecule is Cc1cc(C)cc(-c2[nH]c3sc(C(C)(C)C(=O)N4C5CCC4CC5)cc3c2CCN2CCN(C(=O)Cc3cn(C)cn3)CC2)c1. The predicted molar refractivity (Wildman–Crippen MR) is 181 cm³/mol. The lowest BCUT2D eigenvalue weighted by Gasteiger charge is -2.34. The number of fused-ring (bicyclic) bond motifs is 3. The van der Waals surface area contributed by atoms with Gasteiger partial charge in [-0.05, 0) is 89.1 Å². The van der Waals surface area contributed by atoms with Gasteiger partial charge in [0.05, 0.1) is 29.6 Å². The van der Waals surface area contributed by atoms with Gasteiger partial charge in [0, 0.05) is 68.3 Å². The number of nitrogens with zero attached hydrogens (tertiary/aromatic N) is 5. The number of H-pyrrole nitrogens is 1. The minimum atomic E-state index is -0.550. The summed E-state index contributed by atoms with van der Waals surface area (Å²) < 4.78 is 1.89. The Balaban J connectivity index is 1.11. The highest BCUT2D eigenvalue weighted by molar-refractivity contribution is 7.19. The Morgan fingerprint density at radius 2 is 1.64 bits per heavy atom. The van der Waals surface area contributed by atoms with Crippen LogP contribution in [-0.2, 0) is 34.9 Å². The Hall–Kier alpha value is -3.43. The third kappa shape index (κ3) is 5.74. The van der Waals surface area contributed by atoms with Gasteiger partial charge in [0.1, 0.15) is 4.83 Å². The summed E-state index contributed by atoms with van der Waals surface area (Å²) in [6, 6.07) is 9.95. The molecule has 3 aliphatic heterocycles. The number of rotatable bonds is 8. The lowest BCUT2D eigenvalue weighted by molar-refractivity contribution is -0.137. The van der Waals surface area contributed by atoms with Crippen LogP contribution in [0.15, 0.2) is 36.8 Å². The van der Waals surface area contributed by atoms with Gasteiger partial charge in [-0.15, -0.1) is 11.3 Å². The van der Waals surface area contributed by atoms with Gasteiger partial charge in [0.15, 0.2) is 0 Å². The minimum Gasteiger partial charge on any atom is -0.346 e. The van der Waals surface area contributed by atoms with Crippen LogP contribution in [0.5, 0.6) is 0 Å². The fraction of sp³-hybridized carbons (Fsp3) is 0.528. The molecule has 6 heterocycles. The van der Waals surface area contributed by atoms with Gasteiger partial charge < -0.3 is 19.4 Å². The van der Waals surface area contributed by atoms with E-state index in [0.717, 1.165) is 80.2 Å². The number of hydrogen-bond donors (Lipinski definition) is 1. The molecule has 0 atom stereocenters. The summed E-state index contributed by atoms with van der Waals surface area (Å²) in [6.07, 6.45) is 9.58. The van der Waals surface area contributed by atoms with E-state index < -0.39 is 5.41 Å². The Bertz CT molecular complexity index is 1700. The molecule has 2 bridgehead atoms. The van der Waals surface area contributed by atoms with Crippen LogP contribution in [0.25, 0.3) is 21.5 Å². The van der Waals surface area contributed by atoms with Gasteiger partial charge in [-0.3, -0.25) is 14.5 Å². The highest BCUT2D eigenvalue weighted by atomic mass is 32.1. The fourth-order valence-corrected chi connectivity index (χ4v) is 9.14. The summed E-state index contributed by atoms with van der Waals surface area (Å²) >= 11 is 1.75. The average Bonchev–Trinajstić information content (AvgIpc) is 3.83. The first-order valence-electron chi connectivity index (χ1n) is 16.6. The van der Waals surface area contributed by atoms with E-state index in [4.69, 9.17) is 0 Å². The topological polar surface area (TPSA) is 77.5 Å². The van der Waals surface area contributed by atoms with Crippen molar-refractivity contribution in [1.82, 2.24) is 29.2 Å². The maximum absolute atomic E-state index is 14.0. The van der Waals surface area contributed by atoms with Crippen molar-refractivity contribution in [2.24, 2.45) is 7.05 Å². The summed E-state index contributed by atoms with van der Waals surface area (Å²) in [5.74, 6) is 0.450. The third-order valence-electron chi connectivity index (χ3n) is 10.4. The highest BCUT2D eigenvalue weighted by Gasteiger charge is 2.47. The molecule has 4 aromatic rings. The number of nitrogens with one attached hydrogen (secondary N) is 1. The van der Waals surface area contributed by atoms with E-state index in [1.54, 1.807) is 17.7 Å². The molecule has 0 aliphatic carbocycles. The van der Waals surface area contributed by atoms with Gasteiger partial charge in [-0.2, -0.15) is 0 Å². The Morgan fingerprint density at radius 3 is 2.27 bits per heavy atom. The molecule has 45 heavy (non-hydrogen) atoms. The van der Waals surface area contributed by atoms with Crippen LogP contribution in [0.3, 0.4) is 0 Å². The van der Waals surface area contributed by atoms with Crippen LogP contribution in [-0.4, -0.2) is 85.9 Å². The molecule has 8 nitrogen and oxygen atoms in total. The zero-order valence-electron chi connectivity index (χ0n) is 27.4. The smallest absolute Gasteiger partial charge is 0.233 e. The molecule has 0 radical (unpaired) electrons. The van der Waals surface area contributed by atoms with Crippen LogP contribution in [0.1, 0.15) is 66.8 Å². The lowest BCUT2D eigenvalue weighted by Crippen LogP contribution is -2.49. The standard InChI is InChI=1S/C36H46N6O2S/c1-23-16-24(2)18-25(17-23)33-29(10-11-40-12-14-41(15-13-40)32(43)19-26-21-39(5)22-37-26)30-20-31(45-34(30)38-33)36(3,4)35(44)42-27-6-7-28(42)9-8-27/h16-18,20-22,27-28,38H,6-15,19H2,1-5H3. The second-order valence-corrected chi connectivity index (χ2v) is 15.2. The summed E-state index contributed by atoms with van der Waals surface area (Å²) in [5.41, 5.74) is 6.54. The van der Waals surface area contributed by atoms with E-state index in [-0.39, 0.29) is 5.91 Å². The van der Waals surface area contributed by atoms with Crippen molar-refractivity contribution < 1.29 is 9.59 Å². The van der Waals surface area contributed by atoms with Gasteiger partial charge in [-0.25, -0.2) is 4.98 Å². The number of aryl methyl sites for hydroxylation is 3. The number of aromatic nitrogens is 3. The lowest BCUT2D eigenvalue weighted by atomic mass is 9.88. The number of piperazine rings is 1. The van der Waals surface area contributed by atoms with Crippen LogP contribution in [0, 0.1) is 13.8 Å². The number of aromatic amines is 1. The first-order chi connectivity index (χ1) is 21.6. The molecule has 3 saturated heterocycles. The van der Waals surface area contributed by atoms with E-state index in [2.05, 4.69) is 71.7 Å². The van der Waals surface area contributed by atoms with E-state index >= 15 is 0 Å². The maximum Gasteiger partial charge on any atom is 0.233 e. The van der Waals surface area contributed by atoms with Crippen LogP contribution < -0.4 is 0 Å². The molecule has 0 saturated carbocycles. The Labute approximate surface area is 270 Å². The number of thiophene rings is 1. The molecule has 238 valence electrons. The predicted octanol–water partition coefficient (Wildman–Crippen LogP) is 5.61. The van der Waals surface area contributed by atoms with Gasteiger partial charge in [0.25, 0.3) is 0 Å². The Morgan fingerprint density at radius 1 is 0.978 bits per heavy atom. The molecule has 0 unspecified atom stereocenters. The molecule has 2 amide bonds. The summed E-state index contributed by atoms with van der Waals surface area (Å²) in [5, 5.41) is 1.25. The monoisotopic (exact) mass is 626 g/mol. The highest BCUT2D eigenvalue weighted by Crippen LogP contribution is 2.44. The normalized spacial score (nSPS) is 20.6. The van der Waals surface area contributed by atoms with E-state index in [0.29, 0.717) is 24.4 Å². The number of amides is 2. The largest absolute Gasteiger partial charge is 0.346 e. The number of carbonyl (C=O) groups excluding carboxylic acids is 2. The number of carbonyl (C=O) groups is 2. The van der Waals surface area contributed by atoms with Gasteiger partial charge in [-0.1, -0.05) is 17.2 Å². The fourth-order valence-electron chi connectivity index (χ4n) is 7.95. The molecule has 3 fully saturated rings. The first-order valence-corrected chi connectivity index (χ1v) is 17.4. The van der Waals surface area contributed by atoms with Crippen LogP contribution in [0.4, 0.5) is 0 Å². The van der Waals surface area contributed by atoms with Crippen molar-refractivity contribution in [2.45, 2.75) is 83.7 Å². The number of benzene rings is 1. The second kappa shape index (κ2) is 11.7. The molecule has 0 spiro atoms. The molecule has 3 aliphatic rings. The average molecular weight is 627 g/mol. The Kier molecular flexibility index (Phi) is 7.89. The van der Waals surface area contributed by atoms with E-state index in [1.807, 2.05) is 22.7 Å². The molecule has 1 aromatic carbocycles. The second-order valence-electron chi connectivity index (χ2n) is 14.2. The van der Waals surface area contributed by atoms with Crippen molar-refractivity contribution in [1.29, 1.82) is 0 Å². The molecule has 1 N–H and O–H groups in total. The van der Waals surface area contributed by atoms with Crippen LogP contribution >= 0.6 is 11.3 Å². The molecule has 3 aromatic heterocycles. The number of imidazole rings is 1. The zero-order valence-corrected chi connectivity index (χ0v) is 28.2. The molecular weight excluding hydrogens is 581 g/mol. The van der Waals surface area contributed by atoms with Crippen molar-refractivity contribution in [3.63, 3.8) is 0 Å². The molecule has 7 rings (SSSR count).